The maximum Gasteiger partial charge on any atom is 0.192 e. The highest BCUT2D eigenvalue weighted by molar-refractivity contribution is 7.19. The highest BCUT2D eigenvalue weighted by Crippen LogP contribution is 2.37. The van der Waals surface area contributed by atoms with E-state index in [-0.39, 0.29) is 0 Å². The molecule has 0 unspecified atom stereocenters. The van der Waals surface area contributed by atoms with Crippen LogP contribution in [0.5, 0.6) is 0 Å². The molecule has 0 aliphatic carbocycles. The van der Waals surface area contributed by atoms with E-state index in [1.54, 1.807) is 17.7 Å². The summed E-state index contributed by atoms with van der Waals surface area (Å²) in [6, 6.07) is 4.68. The minimum absolute atomic E-state index is 0.579. The molecule has 0 amide bonds. The van der Waals surface area contributed by atoms with E-state index < -0.39 is 0 Å². The van der Waals surface area contributed by atoms with Crippen LogP contribution in [0.3, 0.4) is 0 Å². The van der Waals surface area contributed by atoms with Gasteiger partial charge in [0.05, 0.1) is 10.3 Å². The molecule has 0 bridgehead atoms. The molecule has 0 radical (unpaired) electrons. The Kier molecular flexibility index (Phi) is 3.23. The lowest BCUT2D eigenvalue weighted by Gasteiger charge is -2.30. The van der Waals surface area contributed by atoms with Crippen molar-refractivity contribution in [2.75, 3.05) is 6.54 Å². The Balaban J connectivity index is 1.71. The second-order valence-corrected chi connectivity index (χ2v) is 8.45. The van der Waals surface area contributed by atoms with Gasteiger partial charge in [-0.25, -0.2) is 14.5 Å². The van der Waals surface area contributed by atoms with Crippen molar-refractivity contribution >= 4 is 38.5 Å². The first kappa shape index (κ1) is 14.5. The van der Waals surface area contributed by atoms with Crippen LogP contribution in [0, 0.1) is 0 Å². The van der Waals surface area contributed by atoms with Crippen LogP contribution in [0.4, 0.5) is 0 Å². The zero-order chi connectivity index (χ0) is 16.3. The van der Waals surface area contributed by atoms with Crippen LogP contribution in [0.1, 0.15) is 24.3 Å². The third-order valence-electron chi connectivity index (χ3n) is 4.68. The minimum atomic E-state index is 0.579. The smallest absolute Gasteiger partial charge is 0.192 e. The summed E-state index contributed by atoms with van der Waals surface area (Å²) in [7, 11) is 0. The van der Waals surface area contributed by atoms with Crippen molar-refractivity contribution in [1.82, 2.24) is 24.5 Å². The summed E-state index contributed by atoms with van der Waals surface area (Å²) in [6.07, 6.45) is 2.86. The number of aromatic nitrogens is 4. The normalized spacial score (nSPS) is 15.6. The van der Waals surface area contributed by atoms with Gasteiger partial charge in [0, 0.05) is 24.0 Å². The molecule has 0 aromatic carbocycles. The molecule has 7 heteroatoms. The average Bonchev–Trinajstić information content (AvgIpc) is 3.29. The average molecular weight is 355 g/mol. The number of fused-ring (bicyclic) bond motifs is 5. The Morgan fingerprint density at radius 3 is 3.00 bits per heavy atom. The molecule has 1 aliphatic heterocycles. The molecule has 122 valence electrons. The SMILES string of the molecule is CC(C)N1CCc2c(sc3ncn4nc(-c5cccs5)nc4c23)C1. The lowest BCUT2D eigenvalue weighted by molar-refractivity contribution is 0.206. The third-order valence-corrected chi connectivity index (χ3v) is 6.67. The molecule has 24 heavy (non-hydrogen) atoms. The third kappa shape index (κ3) is 2.12. The highest BCUT2D eigenvalue weighted by Gasteiger charge is 2.25. The molecule has 4 aromatic rings. The van der Waals surface area contributed by atoms with Crippen molar-refractivity contribution in [3.8, 4) is 10.7 Å². The number of rotatable bonds is 2. The van der Waals surface area contributed by atoms with Gasteiger partial charge in [0.2, 0.25) is 0 Å². The lowest BCUT2D eigenvalue weighted by atomic mass is 10.0. The summed E-state index contributed by atoms with van der Waals surface area (Å²) in [5, 5.41) is 7.89. The molecule has 0 spiro atoms. The van der Waals surface area contributed by atoms with Gasteiger partial charge in [-0.3, -0.25) is 4.90 Å². The van der Waals surface area contributed by atoms with Crippen LogP contribution in [0.25, 0.3) is 26.6 Å². The van der Waals surface area contributed by atoms with Crippen LogP contribution in [0.2, 0.25) is 0 Å². The lowest BCUT2D eigenvalue weighted by Crippen LogP contribution is -2.35. The van der Waals surface area contributed by atoms with Crippen molar-refractivity contribution in [1.29, 1.82) is 0 Å². The van der Waals surface area contributed by atoms with Crippen LogP contribution >= 0.6 is 22.7 Å². The number of hydrogen-bond acceptors (Lipinski definition) is 6. The first-order valence-corrected chi connectivity index (χ1v) is 9.84. The quantitative estimate of drug-likeness (QED) is 0.548. The van der Waals surface area contributed by atoms with Crippen LogP contribution < -0.4 is 0 Å². The minimum Gasteiger partial charge on any atom is -0.296 e. The maximum atomic E-state index is 4.83. The molecule has 5 nitrogen and oxygen atoms in total. The van der Waals surface area contributed by atoms with Crippen LogP contribution in [-0.2, 0) is 13.0 Å². The first-order chi connectivity index (χ1) is 11.7. The predicted octanol–water partition coefficient (Wildman–Crippen LogP) is 3.83. The van der Waals surface area contributed by atoms with E-state index in [2.05, 4.69) is 40.3 Å². The summed E-state index contributed by atoms with van der Waals surface area (Å²) in [6.45, 7) is 6.65. The monoisotopic (exact) mass is 355 g/mol. The second-order valence-electron chi connectivity index (χ2n) is 6.42. The summed E-state index contributed by atoms with van der Waals surface area (Å²) >= 11 is 3.48. The Bertz CT molecular complexity index is 1030. The zero-order valence-corrected chi connectivity index (χ0v) is 15.2. The summed E-state index contributed by atoms with van der Waals surface area (Å²) in [5.41, 5.74) is 2.37. The number of nitrogens with zero attached hydrogens (tertiary/aromatic N) is 5. The molecule has 0 saturated carbocycles. The van der Waals surface area contributed by atoms with Gasteiger partial charge in [-0.05, 0) is 37.3 Å². The molecule has 1 aliphatic rings. The van der Waals surface area contributed by atoms with Gasteiger partial charge >= 0.3 is 0 Å². The molecule has 0 saturated heterocycles. The van der Waals surface area contributed by atoms with Gasteiger partial charge < -0.3 is 0 Å². The van der Waals surface area contributed by atoms with Crippen molar-refractivity contribution in [2.24, 2.45) is 0 Å². The standard InChI is InChI=1S/C17H17N5S2/c1-10(2)21-6-5-11-13(8-21)24-17-14(11)16-19-15(12-4-3-7-23-12)20-22(16)9-18-17/h3-4,7,9-10H,5-6,8H2,1-2H3. The first-order valence-electron chi connectivity index (χ1n) is 8.14. The van der Waals surface area contributed by atoms with Gasteiger partial charge in [0.1, 0.15) is 11.2 Å². The van der Waals surface area contributed by atoms with Crippen LogP contribution in [0.15, 0.2) is 23.8 Å². The Morgan fingerprint density at radius 2 is 2.21 bits per heavy atom. The van der Waals surface area contributed by atoms with E-state index in [0.717, 1.165) is 40.7 Å². The van der Waals surface area contributed by atoms with Crippen molar-refractivity contribution in [2.45, 2.75) is 32.9 Å². The van der Waals surface area contributed by atoms with E-state index in [0.29, 0.717) is 6.04 Å². The van der Waals surface area contributed by atoms with Gasteiger partial charge in [-0.1, -0.05) is 6.07 Å². The van der Waals surface area contributed by atoms with Crippen molar-refractivity contribution in [3.63, 3.8) is 0 Å². The van der Waals surface area contributed by atoms with Crippen molar-refractivity contribution < 1.29 is 0 Å². The molecule has 5 heterocycles. The fourth-order valence-electron chi connectivity index (χ4n) is 3.36. The predicted molar refractivity (Wildman–Crippen MR) is 98.7 cm³/mol. The largest absolute Gasteiger partial charge is 0.296 e. The highest BCUT2D eigenvalue weighted by atomic mass is 32.1. The molecule has 0 fully saturated rings. The maximum absolute atomic E-state index is 4.83. The number of hydrogen-bond donors (Lipinski definition) is 0. The summed E-state index contributed by atoms with van der Waals surface area (Å²) in [4.78, 5) is 15.6. The van der Waals surface area contributed by atoms with Gasteiger partial charge in [0.15, 0.2) is 11.5 Å². The van der Waals surface area contributed by atoms with Gasteiger partial charge in [-0.2, -0.15) is 0 Å². The zero-order valence-electron chi connectivity index (χ0n) is 13.6. The van der Waals surface area contributed by atoms with E-state index in [4.69, 9.17) is 4.98 Å². The molecule has 0 N–H and O–H groups in total. The van der Waals surface area contributed by atoms with E-state index in [9.17, 15) is 0 Å². The summed E-state index contributed by atoms with van der Waals surface area (Å²) < 4.78 is 1.83. The van der Waals surface area contributed by atoms with Crippen LogP contribution in [-0.4, -0.2) is 37.1 Å². The van der Waals surface area contributed by atoms with Crippen molar-refractivity contribution in [3.05, 3.63) is 34.3 Å². The fourth-order valence-corrected chi connectivity index (χ4v) is 5.22. The summed E-state index contributed by atoms with van der Waals surface area (Å²) in [5.74, 6) is 0.791. The number of thiophene rings is 2. The van der Waals surface area contributed by atoms with E-state index >= 15 is 0 Å². The Labute approximate surface area is 147 Å². The Morgan fingerprint density at radius 1 is 1.29 bits per heavy atom. The molecular formula is C17H17N5S2. The van der Waals surface area contributed by atoms with Gasteiger partial charge in [0.25, 0.3) is 0 Å². The van der Waals surface area contributed by atoms with E-state index in [1.807, 2.05) is 21.9 Å². The molecule has 4 aromatic heterocycles. The fraction of sp³-hybridized carbons (Fsp3) is 0.353. The Hall–Kier alpha value is -1.83. The molecule has 5 rings (SSSR count). The van der Waals surface area contributed by atoms with E-state index in [1.165, 1.54) is 15.8 Å². The topological polar surface area (TPSA) is 46.3 Å². The second kappa shape index (κ2) is 5.34. The molecule has 0 atom stereocenters. The van der Waals surface area contributed by atoms with Gasteiger partial charge in [-0.15, -0.1) is 27.8 Å². The molecular weight excluding hydrogens is 338 g/mol.